The minimum atomic E-state index is -0.113. The highest BCUT2D eigenvalue weighted by Crippen LogP contribution is 2.49. The highest BCUT2D eigenvalue weighted by molar-refractivity contribution is 5.77. The van der Waals surface area contributed by atoms with Crippen molar-refractivity contribution in [3.8, 4) is 11.5 Å². The van der Waals surface area contributed by atoms with E-state index in [2.05, 4.69) is 0 Å². The lowest BCUT2D eigenvalue weighted by molar-refractivity contribution is -0.136. The molecule has 1 aromatic carbocycles. The minimum Gasteiger partial charge on any atom is -0.497 e. The molecule has 3 nitrogen and oxygen atoms in total. The van der Waals surface area contributed by atoms with Crippen LogP contribution in [0.3, 0.4) is 0 Å². The number of hydrogen-bond acceptors (Lipinski definition) is 3. The monoisotopic (exact) mass is 218 g/mol. The summed E-state index contributed by atoms with van der Waals surface area (Å²) in [4.78, 5) is 11.5. The second-order valence-corrected chi connectivity index (χ2v) is 4.53. The second kappa shape index (κ2) is 3.51. The van der Waals surface area contributed by atoms with Gasteiger partial charge in [0.05, 0.1) is 13.5 Å². The fourth-order valence-corrected chi connectivity index (χ4v) is 2.41. The van der Waals surface area contributed by atoms with Gasteiger partial charge >= 0.3 is 5.97 Å². The van der Waals surface area contributed by atoms with Gasteiger partial charge in [0, 0.05) is 12.0 Å². The Morgan fingerprint density at radius 2 is 2.19 bits per heavy atom. The van der Waals surface area contributed by atoms with Crippen LogP contribution in [0.15, 0.2) is 18.2 Å². The van der Waals surface area contributed by atoms with Crippen LogP contribution in [0.25, 0.3) is 0 Å². The van der Waals surface area contributed by atoms with Gasteiger partial charge in [0.2, 0.25) is 0 Å². The highest BCUT2D eigenvalue weighted by Gasteiger charge is 2.38. The molecule has 16 heavy (non-hydrogen) atoms. The molecule has 0 N–H and O–H groups in total. The van der Waals surface area contributed by atoms with Gasteiger partial charge in [-0.05, 0) is 30.4 Å². The Kier molecular flexibility index (Phi) is 2.13. The molecular formula is C13H14O3. The molecular weight excluding hydrogens is 204 g/mol. The summed E-state index contributed by atoms with van der Waals surface area (Å²) in [6.45, 7) is 0. The third-order valence-corrected chi connectivity index (χ3v) is 3.42. The van der Waals surface area contributed by atoms with Crippen LogP contribution in [-0.2, 0) is 4.79 Å². The summed E-state index contributed by atoms with van der Waals surface area (Å²) in [6, 6.07) is 5.78. The summed E-state index contributed by atoms with van der Waals surface area (Å²) in [5.41, 5.74) is 1.17. The van der Waals surface area contributed by atoms with Gasteiger partial charge in [-0.2, -0.15) is 0 Å². The summed E-state index contributed by atoms with van der Waals surface area (Å²) in [7, 11) is 1.62. The van der Waals surface area contributed by atoms with Crippen molar-refractivity contribution >= 4 is 5.97 Å². The van der Waals surface area contributed by atoms with E-state index in [9.17, 15) is 4.79 Å². The quantitative estimate of drug-likeness (QED) is 0.565. The normalized spacial score (nSPS) is 23.6. The first-order valence-corrected chi connectivity index (χ1v) is 5.66. The maximum Gasteiger partial charge on any atom is 0.311 e. The lowest BCUT2D eigenvalue weighted by Gasteiger charge is -2.24. The largest absolute Gasteiger partial charge is 0.497 e. The van der Waals surface area contributed by atoms with E-state index in [1.165, 1.54) is 18.4 Å². The van der Waals surface area contributed by atoms with Crippen molar-refractivity contribution in [1.82, 2.24) is 0 Å². The Morgan fingerprint density at radius 1 is 1.38 bits per heavy atom. The second-order valence-electron chi connectivity index (χ2n) is 4.53. The molecule has 0 amide bonds. The van der Waals surface area contributed by atoms with Crippen LogP contribution in [0.5, 0.6) is 11.5 Å². The third kappa shape index (κ3) is 1.56. The molecule has 3 heteroatoms. The van der Waals surface area contributed by atoms with Gasteiger partial charge in [-0.1, -0.05) is 6.07 Å². The number of carbonyl (C=O) groups excluding carboxylic acids is 1. The lowest BCUT2D eigenvalue weighted by Crippen LogP contribution is -2.21. The fourth-order valence-electron chi connectivity index (χ4n) is 2.41. The molecule has 1 heterocycles. The average Bonchev–Trinajstić information content (AvgIpc) is 3.10. The first kappa shape index (κ1) is 9.70. The lowest BCUT2D eigenvalue weighted by atomic mass is 9.88. The first-order chi connectivity index (χ1) is 7.78. The Labute approximate surface area is 94.4 Å². The predicted molar refractivity (Wildman–Crippen MR) is 58.7 cm³/mol. The minimum absolute atomic E-state index is 0.113. The van der Waals surface area contributed by atoms with Crippen LogP contribution in [0.2, 0.25) is 0 Å². The van der Waals surface area contributed by atoms with Crippen LogP contribution in [0.1, 0.15) is 30.7 Å². The maximum absolute atomic E-state index is 11.5. The molecule has 1 saturated carbocycles. The van der Waals surface area contributed by atoms with Crippen molar-refractivity contribution in [2.75, 3.05) is 7.11 Å². The number of carbonyl (C=O) groups is 1. The SMILES string of the molecule is COc1ccc2c(c1)OC(=O)CC2C1CC1. The molecule has 0 radical (unpaired) electrons. The standard InChI is InChI=1S/C13H14O3/c1-15-9-4-5-10-11(8-2-3-8)7-13(14)16-12(10)6-9/h4-6,8,11H,2-3,7H2,1H3. The molecule has 0 saturated heterocycles. The van der Waals surface area contributed by atoms with Crippen LogP contribution >= 0.6 is 0 Å². The molecule has 1 atom stereocenters. The summed E-state index contributed by atoms with van der Waals surface area (Å²) < 4.78 is 10.4. The van der Waals surface area contributed by atoms with E-state index in [1.54, 1.807) is 7.11 Å². The van der Waals surface area contributed by atoms with Crippen LogP contribution in [-0.4, -0.2) is 13.1 Å². The Balaban J connectivity index is 2.01. The predicted octanol–water partition coefficient (Wildman–Crippen LogP) is 2.50. The van der Waals surface area contributed by atoms with Crippen LogP contribution < -0.4 is 9.47 Å². The van der Waals surface area contributed by atoms with Crippen molar-refractivity contribution in [2.24, 2.45) is 5.92 Å². The van der Waals surface area contributed by atoms with E-state index in [0.717, 1.165) is 5.75 Å². The molecule has 1 fully saturated rings. The van der Waals surface area contributed by atoms with Gasteiger partial charge in [-0.3, -0.25) is 4.79 Å². The number of fused-ring (bicyclic) bond motifs is 1. The van der Waals surface area contributed by atoms with Gasteiger partial charge in [0.25, 0.3) is 0 Å². The van der Waals surface area contributed by atoms with Gasteiger partial charge in [0.15, 0.2) is 0 Å². The number of benzene rings is 1. The number of methoxy groups -OCH3 is 1. The molecule has 1 aromatic rings. The van der Waals surface area contributed by atoms with Crippen molar-refractivity contribution in [3.63, 3.8) is 0 Å². The van der Waals surface area contributed by atoms with Crippen LogP contribution in [0.4, 0.5) is 0 Å². The zero-order valence-electron chi connectivity index (χ0n) is 9.23. The van der Waals surface area contributed by atoms with Gasteiger partial charge in [0.1, 0.15) is 11.5 Å². The number of hydrogen-bond donors (Lipinski definition) is 0. The van der Waals surface area contributed by atoms with Crippen molar-refractivity contribution in [2.45, 2.75) is 25.2 Å². The van der Waals surface area contributed by atoms with Gasteiger partial charge in [-0.15, -0.1) is 0 Å². The van der Waals surface area contributed by atoms with E-state index in [4.69, 9.17) is 9.47 Å². The molecule has 1 unspecified atom stereocenters. The van der Waals surface area contributed by atoms with E-state index < -0.39 is 0 Å². The molecule has 3 rings (SSSR count). The Hall–Kier alpha value is -1.51. The number of esters is 1. The Morgan fingerprint density at radius 3 is 2.88 bits per heavy atom. The zero-order valence-corrected chi connectivity index (χ0v) is 9.23. The number of ether oxygens (including phenoxy) is 2. The van der Waals surface area contributed by atoms with Crippen molar-refractivity contribution < 1.29 is 14.3 Å². The first-order valence-electron chi connectivity index (χ1n) is 5.66. The number of rotatable bonds is 2. The molecule has 0 spiro atoms. The summed E-state index contributed by atoms with van der Waals surface area (Å²) >= 11 is 0. The Bertz CT molecular complexity index is 435. The van der Waals surface area contributed by atoms with E-state index in [-0.39, 0.29) is 5.97 Å². The zero-order chi connectivity index (χ0) is 11.1. The smallest absolute Gasteiger partial charge is 0.311 e. The molecule has 84 valence electrons. The van der Waals surface area contributed by atoms with Gasteiger partial charge in [-0.25, -0.2) is 0 Å². The van der Waals surface area contributed by atoms with Gasteiger partial charge < -0.3 is 9.47 Å². The van der Waals surface area contributed by atoms with Crippen LogP contribution in [0, 0.1) is 5.92 Å². The average molecular weight is 218 g/mol. The highest BCUT2D eigenvalue weighted by atomic mass is 16.5. The third-order valence-electron chi connectivity index (χ3n) is 3.42. The summed E-state index contributed by atoms with van der Waals surface area (Å²) in [6.07, 6.45) is 3.01. The molecule has 1 aliphatic heterocycles. The maximum atomic E-state index is 11.5. The fraction of sp³-hybridized carbons (Fsp3) is 0.462. The summed E-state index contributed by atoms with van der Waals surface area (Å²) in [5.74, 6) is 2.36. The summed E-state index contributed by atoms with van der Waals surface area (Å²) in [5, 5.41) is 0. The molecule has 0 aromatic heterocycles. The molecule has 0 bridgehead atoms. The van der Waals surface area contributed by atoms with E-state index in [0.29, 0.717) is 24.0 Å². The topological polar surface area (TPSA) is 35.5 Å². The van der Waals surface area contributed by atoms with Crippen molar-refractivity contribution in [1.29, 1.82) is 0 Å². The molecule has 2 aliphatic rings. The molecule has 1 aliphatic carbocycles. The van der Waals surface area contributed by atoms with Crippen molar-refractivity contribution in [3.05, 3.63) is 23.8 Å². The van der Waals surface area contributed by atoms with E-state index in [1.807, 2.05) is 18.2 Å². The van der Waals surface area contributed by atoms with E-state index >= 15 is 0 Å².